The van der Waals surface area contributed by atoms with Gasteiger partial charge in [-0.2, -0.15) is 5.10 Å². The van der Waals surface area contributed by atoms with Gasteiger partial charge in [0.1, 0.15) is 0 Å². The normalized spacial score (nSPS) is 11.3. The second kappa shape index (κ2) is 5.47. The van der Waals surface area contributed by atoms with Crippen molar-refractivity contribution in [1.82, 2.24) is 14.9 Å². The first kappa shape index (κ1) is 12.9. The van der Waals surface area contributed by atoms with E-state index >= 15 is 0 Å². The zero-order valence-corrected chi connectivity index (χ0v) is 11.9. The zero-order chi connectivity index (χ0) is 13.9. The molecule has 3 heteroatoms. The molecule has 0 saturated heterocycles. The third kappa shape index (κ3) is 2.73. The van der Waals surface area contributed by atoms with Crippen LogP contribution >= 0.6 is 0 Å². The van der Waals surface area contributed by atoms with Crippen LogP contribution in [0.4, 0.5) is 0 Å². The summed E-state index contributed by atoms with van der Waals surface area (Å²) in [6.07, 6.45) is 3.82. The molecule has 1 N–H and O–H groups in total. The van der Waals surface area contributed by atoms with Crippen LogP contribution in [0.25, 0.3) is 16.6 Å². The highest BCUT2D eigenvalue weighted by Crippen LogP contribution is 2.21. The highest BCUT2D eigenvalue weighted by molar-refractivity contribution is 5.68. The number of benzene rings is 1. The minimum atomic E-state index is 0.513. The van der Waals surface area contributed by atoms with Crippen molar-refractivity contribution in [2.45, 2.75) is 26.4 Å². The predicted molar refractivity (Wildman–Crippen MR) is 82.6 cm³/mol. The lowest BCUT2D eigenvalue weighted by molar-refractivity contribution is 0.589. The molecular formula is C17H19N3. The van der Waals surface area contributed by atoms with Crippen LogP contribution in [-0.4, -0.2) is 15.7 Å². The van der Waals surface area contributed by atoms with Crippen LogP contribution in [0.5, 0.6) is 0 Å². The van der Waals surface area contributed by atoms with Crippen LogP contribution in [0.3, 0.4) is 0 Å². The summed E-state index contributed by atoms with van der Waals surface area (Å²) in [6, 6.07) is 15.5. The van der Waals surface area contributed by atoms with E-state index < -0.39 is 0 Å². The molecule has 0 unspecified atom stereocenters. The Kier molecular flexibility index (Phi) is 3.52. The summed E-state index contributed by atoms with van der Waals surface area (Å²) in [4.78, 5) is 0. The molecule has 3 rings (SSSR count). The molecule has 3 aromatic rings. The smallest absolute Gasteiger partial charge is 0.0667 e. The summed E-state index contributed by atoms with van der Waals surface area (Å²) in [7, 11) is 0. The number of nitrogens with zero attached hydrogens (tertiary/aromatic N) is 2. The Labute approximate surface area is 119 Å². The Hall–Kier alpha value is -2.13. The lowest BCUT2D eigenvalue weighted by Crippen LogP contribution is -2.21. The molecule has 0 saturated carbocycles. The van der Waals surface area contributed by atoms with Gasteiger partial charge in [-0.25, -0.2) is 4.52 Å². The van der Waals surface area contributed by atoms with Gasteiger partial charge in [0.25, 0.3) is 0 Å². The van der Waals surface area contributed by atoms with Gasteiger partial charge in [0, 0.05) is 25.0 Å². The average Bonchev–Trinajstić information content (AvgIpc) is 2.93. The van der Waals surface area contributed by atoms with E-state index in [2.05, 4.69) is 60.7 Å². The van der Waals surface area contributed by atoms with E-state index in [4.69, 9.17) is 0 Å². The molecule has 0 radical (unpaired) electrons. The second-order valence-electron chi connectivity index (χ2n) is 5.35. The zero-order valence-electron chi connectivity index (χ0n) is 11.9. The molecule has 0 atom stereocenters. The van der Waals surface area contributed by atoms with Gasteiger partial charge in [-0.15, -0.1) is 0 Å². The third-order valence-electron chi connectivity index (χ3n) is 3.40. The molecule has 0 amide bonds. The average molecular weight is 265 g/mol. The summed E-state index contributed by atoms with van der Waals surface area (Å²) >= 11 is 0. The molecule has 0 spiro atoms. The van der Waals surface area contributed by atoms with E-state index in [1.807, 2.05) is 23.0 Å². The number of rotatable bonds is 4. The number of fused-ring (bicyclic) bond motifs is 1. The molecule has 0 aliphatic carbocycles. The van der Waals surface area contributed by atoms with Gasteiger partial charge < -0.3 is 5.32 Å². The Morgan fingerprint density at radius 3 is 2.60 bits per heavy atom. The molecular weight excluding hydrogens is 246 g/mol. The minimum absolute atomic E-state index is 0.513. The summed E-state index contributed by atoms with van der Waals surface area (Å²) in [6.45, 7) is 5.24. The first-order valence-electron chi connectivity index (χ1n) is 6.98. The molecule has 0 bridgehead atoms. The van der Waals surface area contributed by atoms with E-state index in [9.17, 15) is 0 Å². The topological polar surface area (TPSA) is 29.3 Å². The Morgan fingerprint density at radius 1 is 1.05 bits per heavy atom. The maximum Gasteiger partial charge on any atom is 0.0667 e. The standard InChI is InChI=1S/C17H19N3/c1-13(2)18-12-14-3-5-15(6-4-14)16-8-10-20-17(11-16)7-9-19-20/h3-11,13,18H,12H2,1-2H3. The van der Waals surface area contributed by atoms with Gasteiger partial charge in [0.2, 0.25) is 0 Å². The summed E-state index contributed by atoms with van der Waals surface area (Å²) < 4.78 is 1.88. The van der Waals surface area contributed by atoms with Gasteiger partial charge in [0.05, 0.1) is 5.52 Å². The van der Waals surface area contributed by atoms with Crippen LogP contribution < -0.4 is 5.32 Å². The van der Waals surface area contributed by atoms with Crippen LogP contribution in [0, 0.1) is 0 Å². The van der Waals surface area contributed by atoms with E-state index in [-0.39, 0.29) is 0 Å². The molecule has 20 heavy (non-hydrogen) atoms. The summed E-state index contributed by atoms with van der Waals surface area (Å²) in [5.41, 5.74) is 4.89. The first-order valence-corrected chi connectivity index (χ1v) is 6.98. The Morgan fingerprint density at radius 2 is 1.85 bits per heavy atom. The van der Waals surface area contributed by atoms with Crippen LogP contribution in [-0.2, 0) is 6.54 Å². The minimum Gasteiger partial charge on any atom is -0.310 e. The quantitative estimate of drug-likeness (QED) is 0.782. The molecule has 3 nitrogen and oxygen atoms in total. The lowest BCUT2D eigenvalue weighted by Gasteiger charge is -2.09. The third-order valence-corrected chi connectivity index (χ3v) is 3.40. The van der Waals surface area contributed by atoms with E-state index in [1.54, 1.807) is 0 Å². The first-order chi connectivity index (χ1) is 9.72. The fourth-order valence-electron chi connectivity index (χ4n) is 2.24. The second-order valence-corrected chi connectivity index (χ2v) is 5.35. The number of aromatic nitrogens is 2. The number of nitrogens with one attached hydrogen (secondary N) is 1. The van der Waals surface area contributed by atoms with Crippen molar-refractivity contribution < 1.29 is 0 Å². The van der Waals surface area contributed by atoms with Crippen molar-refractivity contribution in [3.63, 3.8) is 0 Å². The predicted octanol–water partition coefficient (Wildman–Crippen LogP) is 3.50. The van der Waals surface area contributed by atoms with Crippen molar-refractivity contribution in [2.75, 3.05) is 0 Å². The van der Waals surface area contributed by atoms with E-state index in [0.29, 0.717) is 6.04 Å². The highest BCUT2D eigenvalue weighted by atomic mass is 15.2. The van der Waals surface area contributed by atoms with Gasteiger partial charge >= 0.3 is 0 Å². The molecule has 102 valence electrons. The Bertz CT molecular complexity index is 696. The summed E-state index contributed by atoms with van der Waals surface area (Å²) in [5, 5.41) is 7.65. The molecule has 2 aromatic heterocycles. The monoisotopic (exact) mass is 265 g/mol. The fourth-order valence-corrected chi connectivity index (χ4v) is 2.24. The van der Waals surface area contributed by atoms with Crippen molar-refractivity contribution in [3.8, 4) is 11.1 Å². The molecule has 0 aliphatic heterocycles. The van der Waals surface area contributed by atoms with Crippen LogP contribution in [0.2, 0.25) is 0 Å². The summed E-state index contributed by atoms with van der Waals surface area (Å²) in [5.74, 6) is 0. The van der Waals surface area contributed by atoms with Crippen molar-refractivity contribution in [2.24, 2.45) is 0 Å². The highest BCUT2D eigenvalue weighted by Gasteiger charge is 2.01. The maximum atomic E-state index is 4.22. The molecule has 2 heterocycles. The number of pyridine rings is 1. The fraction of sp³-hybridized carbons (Fsp3) is 0.235. The number of hydrogen-bond donors (Lipinski definition) is 1. The molecule has 0 aliphatic rings. The van der Waals surface area contributed by atoms with Gasteiger partial charge in [-0.1, -0.05) is 38.1 Å². The molecule has 1 aromatic carbocycles. The van der Waals surface area contributed by atoms with E-state index in [1.165, 1.54) is 16.7 Å². The maximum absolute atomic E-state index is 4.22. The van der Waals surface area contributed by atoms with Crippen LogP contribution in [0.15, 0.2) is 54.9 Å². The Balaban J connectivity index is 1.82. The van der Waals surface area contributed by atoms with Gasteiger partial charge in [-0.05, 0) is 34.9 Å². The van der Waals surface area contributed by atoms with Crippen LogP contribution in [0.1, 0.15) is 19.4 Å². The van der Waals surface area contributed by atoms with Crippen molar-refractivity contribution in [3.05, 3.63) is 60.4 Å². The van der Waals surface area contributed by atoms with Crippen molar-refractivity contribution in [1.29, 1.82) is 0 Å². The lowest BCUT2D eigenvalue weighted by atomic mass is 10.0. The number of hydrogen-bond acceptors (Lipinski definition) is 2. The van der Waals surface area contributed by atoms with E-state index in [0.717, 1.165) is 12.1 Å². The van der Waals surface area contributed by atoms with Crippen molar-refractivity contribution >= 4 is 5.52 Å². The van der Waals surface area contributed by atoms with Gasteiger partial charge in [-0.3, -0.25) is 0 Å². The largest absolute Gasteiger partial charge is 0.310 e. The molecule has 0 fully saturated rings. The van der Waals surface area contributed by atoms with Gasteiger partial charge in [0.15, 0.2) is 0 Å². The SMILES string of the molecule is CC(C)NCc1ccc(-c2ccn3nccc3c2)cc1.